The number of carbonyl (C=O) groups is 1. The Morgan fingerprint density at radius 3 is 2.52 bits per heavy atom. The number of sulfonamides is 1. The van der Waals surface area contributed by atoms with Gasteiger partial charge in [-0.2, -0.15) is 13.2 Å². The zero-order chi connectivity index (χ0) is 20.8. The minimum Gasteiger partial charge on any atom is -0.356 e. The van der Waals surface area contributed by atoms with Gasteiger partial charge < -0.3 is 9.88 Å². The second kappa shape index (κ2) is 7.28. The van der Waals surface area contributed by atoms with Gasteiger partial charge in [0.05, 0.1) is 11.3 Å². The third kappa shape index (κ3) is 3.73. The van der Waals surface area contributed by atoms with Gasteiger partial charge in [-0.25, -0.2) is 8.42 Å². The van der Waals surface area contributed by atoms with Gasteiger partial charge in [-0.15, -0.1) is 11.8 Å². The molecule has 1 aromatic carbocycles. The Balaban J connectivity index is 1.68. The van der Waals surface area contributed by atoms with Crippen molar-refractivity contribution in [3.05, 3.63) is 41.7 Å². The second-order valence-corrected chi connectivity index (χ2v) is 9.85. The zero-order valence-corrected chi connectivity index (χ0v) is 16.8. The number of likely N-dealkylation sites (tertiary alicyclic amines) is 1. The number of benzene rings is 1. The van der Waals surface area contributed by atoms with Gasteiger partial charge >= 0.3 is 6.18 Å². The molecule has 0 atom stereocenters. The molecule has 0 saturated carbocycles. The Kier molecular flexibility index (Phi) is 5.06. The largest absolute Gasteiger partial charge is 0.416 e. The number of nitrogens with one attached hydrogen (secondary N) is 1. The molecule has 1 saturated heterocycles. The van der Waals surface area contributed by atoms with Crippen LogP contribution in [0.5, 0.6) is 0 Å². The van der Waals surface area contributed by atoms with Gasteiger partial charge in [0, 0.05) is 36.5 Å². The van der Waals surface area contributed by atoms with Gasteiger partial charge in [-0.3, -0.25) is 9.10 Å². The summed E-state index contributed by atoms with van der Waals surface area (Å²) in [6.45, 7) is 1.29. The lowest BCUT2D eigenvalue weighted by atomic mass is 10.2. The van der Waals surface area contributed by atoms with Crippen LogP contribution in [-0.2, 0) is 16.2 Å². The number of carbonyl (C=O) groups excluding carboxylic acids is 1. The number of hydrogen-bond acceptors (Lipinski definition) is 4. The molecule has 2 aromatic rings. The number of thioether (sulfide) groups is 1. The molecule has 0 bridgehead atoms. The highest BCUT2D eigenvalue weighted by atomic mass is 32.2. The van der Waals surface area contributed by atoms with Crippen molar-refractivity contribution in [2.75, 3.05) is 29.7 Å². The van der Waals surface area contributed by atoms with Crippen molar-refractivity contribution >= 4 is 33.4 Å². The van der Waals surface area contributed by atoms with E-state index in [1.165, 1.54) is 30.1 Å². The smallest absolute Gasteiger partial charge is 0.356 e. The van der Waals surface area contributed by atoms with Crippen LogP contribution in [0.2, 0.25) is 0 Å². The van der Waals surface area contributed by atoms with Crippen molar-refractivity contribution in [1.29, 1.82) is 0 Å². The minimum absolute atomic E-state index is 0.00435. The third-order valence-corrected chi connectivity index (χ3v) is 7.81. The standard InChI is InChI=1S/C18H18F3N3O3S2/c19-18(20,21)12-3-4-16-15(9-12)24(7-8-28-16)29(26,27)13-10-14(22-11-13)17(25)23-5-1-2-6-23/h3-4,9-11,22H,1-2,5-8H2. The first-order valence-corrected chi connectivity index (χ1v) is 11.4. The SMILES string of the molecule is O=C(c1cc(S(=O)(=O)N2CCSc3ccc(C(F)(F)F)cc32)c[nH]1)N1CCCC1. The molecule has 4 rings (SSSR count). The predicted octanol–water partition coefficient (Wildman–Crippen LogP) is 3.57. The normalized spacial score (nSPS) is 17.5. The number of nitrogens with zero attached hydrogens (tertiary/aromatic N) is 2. The number of aromatic nitrogens is 1. The molecular formula is C18H18F3N3O3S2. The molecule has 1 amide bonds. The molecule has 156 valence electrons. The summed E-state index contributed by atoms with van der Waals surface area (Å²) < 4.78 is 66.7. The summed E-state index contributed by atoms with van der Waals surface area (Å²) in [6, 6.07) is 4.36. The van der Waals surface area contributed by atoms with E-state index in [2.05, 4.69) is 4.98 Å². The molecule has 2 aliphatic rings. The first-order chi connectivity index (χ1) is 13.7. The van der Waals surface area contributed by atoms with E-state index in [4.69, 9.17) is 0 Å². The van der Waals surface area contributed by atoms with Crippen molar-refractivity contribution in [3.8, 4) is 0 Å². The van der Waals surface area contributed by atoms with E-state index in [9.17, 15) is 26.4 Å². The maximum atomic E-state index is 13.2. The number of halogens is 3. The van der Waals surface area contributed by atoms with Gasteiger partial charge in [0.1, 0.15) is 10.6 Å². The Morgan fingerprint density at radius 1 is 1.10 bits per heavy atom. The Hall–Kier alpha value is -2.14. The number of hydrogen-bond donors (Lipinski definition) is 1. The number of fused-ring (bicyclic) bond motifs is 1. The molecule has 0 radical (unpaired) electrons. The summed E-state index contributed by atoms with van der Waals surface area (Å²) in [4.78, 5) is 17.1. The number of alkyl halides is 3. The van der Waals surface area contributed by atoms with E-state index >= 15 is 0 Å². The molecule has 1 fully saturated rings. The van der Waals surface area contributed by atoms with Gasteiger partial charge in [-0.05, 0) is 37.1 Å². The Labute approximate surface area is 170 Å². The van der Waals surface area contributed by atoms with Crippen LogP contribution < -0.4 is 4.31 Å². The summed E-state index contributed by atoms with van der Waals surface area (Å²) >= 11 is 1.31. The van der Waals surface area contributed by atoms with Crippen molar-refractivity contribution in [3.63, 3.8) is 0 Å². The quantitative estimate of drug-likeness (QED) is 0.784. The molecule has 1 aromatic heterocycles. The number of amides is 1. The van der Waals surface area contributed by atoms with Gasteiger partial charge in [0.25, 0.3) is 15.9 Å². The Bertz CT molecular complexity index is 1040. The average Bonchev–Trinajstić information content (AvgIpc) is 3.38. The molecule has 0 unspecified atom stereocenters. The van der Waals surface area contributed by atoms with Crippen molar-refractivity contribution in [1.82, 2.24) is 9.88 Å². The topological polar surface area (TPSA) is 73.5 Å². The minimum atomic E-state index is -4.57. The van der Waals surface area contributed by atoms with Crippen LogP contribution in [0.4, 0.5) is 18.9 Å². The van der Waals surface area contributed by atoms with E-state index in [0.717, 1.165) is 29.3 Å². The van der Waals surface area contributed by atoms with Crippen LogP contribution in [0, 0.1) is 0 Å². The molecule has 11 heteroatoms. The number of anilines is 1. The van der Waals surface area contributed by atoms with Gasteiger partial charge in [0.15, 0.2) is 0 Å². The molecule has 0 aliphatic carbocycles. The summed E-state index contributed by atoms with van der Waals surface area (Å²) in [7, 11) is -4.12. The molecule has 0 spiro atoms. The van der Waals surface area contributed by atoms with Gasteiger partial charge in [-0.1, -0.05) is 0 Å². The lowest BCUT2D eigenvalue weighted by Gasteiger charge is -2.30. The van der Waals surface area contributed by atoms with Crippen LogP contribution in [0.3, 0.4) is 0 Å². The van der Waals surface area contributed by atoms with Gasteiger partial charge in [0.2, 0.25) is 0 Å². The molecule has 1 N–H and O–H groups in total. The van der Waals surface area contributed by atoms with Crippen LogP contribution in [0.1, 0.15) is 28.9 Å². The first kappa shape index (κ1) is 20.1. The second-order valence-electron chi connectivity index (χ2n) is 6.85. The lowest BCUT2D eigenvalue weighted by Crippen LogP contribution is -2.35. The molecule has 29 heavy (non-hydrogen) atoms. The van der Waals surface area contributed by atoms with Crippen molar-refractivity contribution in [2.24, 2.45) is 0 Å². The van der Waals surface area contributed by atoms with Crippen molar-refractivity contribution in [2.45, 2.75) is 28.8 Å². The molecule has 2 aliphatic heterocycles. The summed E-state index contributed by atoms with van der Waals surface area (Å²) in [5.74, 6) is 0.139. The lowest BCUT2D eigenvalue weighted by molar-refractivity contribution is -0.137. The third-order valence-electron chi connectivity index (χ3n) is 4.98. The molecule has 6 nitrogen and oxygen atoms in total. The van der Waals surface area contributed by atoms with E-state index in [1.54, 1.807) is 4.90 Å². The zero-order valence-electron chi connectivity index (χ0n) is 15.2. The maximum Gasteiger partial charge on any atom is 0.416 e. The van der Waals surface area contributed by atoms with Crippen LogP contribution in [-0.4, -0.2) is 49.6 Å². The van der Waals surface area contributed by atoms with Crippen LogP contribution in [0.25, 0.3) is 0 Å². The maximum absolute atomic E-state index is 13.2. The van der Waals surface area contributed by atoms with E-state index in [0.29, 0.717) is 23.7 Å². The molecule has 3 heterocycles. The predicted molar refractivity (Wildman–Crippen MR) is 103 cm³/mol. The first-order valence-electron chi connectivity index (χ1n) is 9.02. The molecular weight excluding hydrogens is 427 g/mol. The highest BCUT2D eigenvalue weighted by Gasteiger charge is 2.36. The van der Waals surface area contributed by atoms with E-state index < -0.39 is 21.8 Å². The summed E-state index contributed by atoms with van der Waals surface area (Å²) in [5, 5.41) is 0. The number of H-pyrrole nitrogens is 1. The van der Waals surface area contributed by atoms with E-state index in [1.807, 2.05) is 0 Å². The fraction of sp³-hybridized carbons (Fsp3) is 0.389. The fourth-order valence-corrected chi connectivity index (χ4v) is 6.10. The monoisotopic (exact) mass is 445 g/mol. The number of rotatable bonds is 3. The highest BCUT2D eigenvalue weighted by Crippen LogP contribution is 2.41. The highest BCUT2D eigenvalue weighted by molar-refractivity contribution is 8.00. The van der Waals surface area contributed by atoms with Crippen LogP contribution >= 0.6 is 11.8 Å². The average molecular weight is 445 g/mol. The van der Waals surface area contributed by atoms with Crippen molar-refractivity contribution < 1.29 is 26.4 Å². The van der Waals surface area contributed by atoms with E-state index in [-0.39, 0.29) is 28.7 Å². The summed E-state index contributed by atoms with van der Waals surface area (Å²) in [5.41, 5.74) is -0.747. The fourth-order valence-electron chi connectivity index (χ4n) is 3.48. The summed E-state index contributed by atoms with van der Waals surface area (Å²) in [6.07, 6.45) is -1.55. The Morgan fingerprint density at radius 2 is 1.83 bits per heavy atom. The number of aromatic amines is 1. The van der Waals surface area contributed by atoms with Crippen LogP contribution in [0.15, 0.2) is 40.3 Å².